The Morgan fingerprint density at radius 2 is 1.97 bits per heavy atom. The molecule has 2 amide bonds. The summed E-state index contributed by atoms with van der Waals surface area (Å²) in [5, 5.41) is 15.3. The Kier molecular flexibility index (Phi) is 6.60. The topological polar surface area (TPSA) is 94.6 Å². The van der Waals surface area contributed by atoms with Gasteiger partial charge in [0.1, 0.15) is 18.1 Å². The van der Waals surface area contributed by atoms with Gasteiger partial charge < -0.3 is 10.4 Å². The number of aliphatic hydroxyl groups is 1. The Labute approximate surface area is 192 Å². The van der Waals surface area contributed by atoms with Crippen molar-refractivity contribution in [3.05, 3.63) is 59.1 Å². The molecule has 3 atom stereocenters. The minimum Gasteiger partial charge on any atom is -0.379 e. The van der Waals surface area contributed by atoms with Crippen molar-refractivity contribution in [2.24, 2.45) is 0 Å². The summed E-state index contributed by atoms with van der Waals surface area (Å²) in [5.74, 6) is -4.94. The smallest absolute Gasteiger partial charge is 0.252 e. The third-order valence-electron chi connectivity index (χ3n) is 5.77. The van der Waals surface area contributed by atoms with E-state index in [1.165, 1.54) is 18.3 Å². The molecule has 1 aromatic heterocycles. The molecule has 1 saturated carbocycles. The van der Waals surface area contributed by atoms with Crippen molar-refractivity contribution < 1.29 is 27.9 Å². The van der Waals surface area contributed by atoms with Crippen LogP contribution < -0.4 is 15.5 Å². The average Bonchev–Trinajstić information content (AvgIpc) is 3.17. The second-order valence-corrected chi connectivity index (χ2v) is 8.68. The molecule has 2 fully saturated rings. The number of aromatic nitrogens is 1. The quantitative estimate of drug-likeness (QED) is 0.588. The SMILES string of the molecule is O=C(NC1CC(F)(F)C1)[C@H](c1ccccc1Cl)N(C(=O)[C@@H]1CCC(O)N1)c1cncc(F)c1. The van der Waals surface area contributed by atoms with Gasteiger partial charge in [-0.05, 0) is 18.9 Å². The predicted molar refractivity (Wildman–Crippen MR) is 114 cm³/mol. The van der Waals surface area contributed by atoms with Crippen molar-refractivity contribution in [1.82, 2.24) is 15.6 Å². The van der Waals surface area contributed by atoms with Crippen molar-refractivity contribution >= 4 is 29.1 Å². The Hall–Kier alpha value is -2.69. The van der Waals surface area contributed by atoms with Crippen molar-refractivity contribution in [2.75, 3.05) is 4.90 Å². The summed E-state index contributed by atoms with van der Waals surface area (Å²) in [6.07, 6.45) is 0.832. The molecule has 1 unspecified atom stereocenters. The number of pyridine rings is 1. The number of anilines is 1. The molecular weight excluding hydrogens is 461 g/mol. The van der Waals surface area contributed by atoms with Crippen LogP contribution in [-0.4, -0.2) is 46.1 Å². The fraction of sp³-hybridized carbons (Fsp3) is 0.409. The van der Waals surface area contributed by atoms with Crippen LogP contribution in [0.5, 0.6) is 0 Å². The zero-order valence-electron chi connectivity index (χ0n) is 17.3. The molecule has 0 spiro atoms. The van der Waals surface area contributed by atoms with Gasteiger partial charge >= 0.3 is 0 Å². The average molecular weight is 483 g/mol. The van der Waals surface area contributed by atoms with E-state index in [1.807, 2.05) is 0 Å². The van der Waals surface area contributed by atoms with Crippen LogP contribution in [0.1, 0.15) is 37.3 Å². The monoisotopic (exact) mass is 482 g/mol. The van der Waals surface area contributed by atoms with E-state index in [0.29, 0.717) is 6.42 Å². The van der Waals surface area contributed by atoms with E-state index in [9.17, 15) is 27.9 Å². The van der Waals surface area contributed by atoms with Crippen molar-refractivity contribution in [3.8, 4) is 0 Å². The summed E-state index contributed by atoms with van der Waals surface area (Å²) in [4.78, 5) is 31.8. The number of alkyl halides is 2. The van der Waals surface area contributed by atoms with E-state index in [4.69, 9.17) is 11.6 Å². The van der Waals surface area contributed by atoms with E-state index in [0.717, 1.165) is 17.2 Å². The number of carbonyl (C=O) groups excluding carboxylic acids is 2. The summed E-state index contributed by atoms with van der Waals surface area (Å²) in [7, 11) is 0. The highest BCUT2D eigenvalue weighted by Gasteiger charge is 2.47. The van der Waals surface area contributed by atoms with Crippen LogP contribution in [0.25, 0.3) is 0 Å². The first kappa shape index (κ1) is 23.5. The maximum absolute atomic E-state index is 14.1. The lowest BCUT2D eigenvalue weighted by molar-refractivity contribution is -0.133. The Morgan fingerprint density at radius 1 is 1.24 bits per heavy atom. The van der Waals surface area contributed by atoms with Gasteiger partial charge in [-0.15, -0.1) is 0 Å². The Balaban J connectivity index is 1.76. The van der Waals surface area contributed by atoms with E-state index in [-0.39, 0.29) is 22.7 Å². The van der Waals surface area contributed by atoms with E-state index in [2.05, 4.69) is 15.6 Å². The molecule has 2 aliphatic rings. The van der Waals surface area contributed by atoms with Crippen LogP contribution in [0.15, 0.2) is 42.7 Å². The summed E-state index contributed by atoms with van der Waals surface area (Å²) in [6.45, 7) is 0. The van der Waals surface area contributed by atoms with E-state index >= 15 is 0 Å². The zero-order valence-corrected chi connectivity index (χ0v) is 18.1. The van der Waals surface area contributed by atoms with Gasteiger partial charge in [-0.1, -0.05) is 29.8 Å². The fourth-order valence-corrected chi connectivity index (χ4v) is 4.40. The van der Waals surface area contributed by atoms with Crippen LogP contribution >= 0.6 is 11.6 Å². The third kappa shape index (κ3) is 5.13. The van der Waals surface area contributed by atoms with Gasteiger partial charge in [-0.25, -0.2) is 13.2 Å². The standard InChI is InChI=1S/C22H22ClF3N4O3/c23-16-4-2-1-3-15(16)19(20(32)28-13-8-22(25,26)9-13)30(14-7-12(24)10-27-11-14)21(33)17-5-6-18(31)29-17/h1-4,7,10-11,13,17-19,29,31H,5-6,8-9H2,(H,28,32)/t17-,18?,19-/m0/s1. The van der Waals surface area contributed by atoms with Gasteiger partial charge in [-0.2, -0.15) is 0 Å². The summed E-state index contributed by atoms with van der Waals surface area (Å²) in [5.41, 5.74) is 0.223. The lowest BCUT2D eigenvalue weighted by Crippen LogP contribution is -2.55. The van der Waals surface area contributed by atoms with Gasteiger partial charge in [0.05, 0.1) is 24.1 Å². The van der Waals surface area contributed by atoms with Crippen molar-refractivity contribution in [2.45, 2.75) is 56.0 Å². The highest BCUT2D eigenvalue weighted by molar-refractivity contribution is 6.31. The molecule has 2 heterocycles. The molecule has 4 rings (SSSR count). The van der Waals surface area contributed by atoms with Crippen molar-refractivity contribution in [3.63, 3.8) is 0 Å². The second-order valence-electron chi connectivity index (χ2n) is 8.28. The van der Waals surface area contributed by atoms with E-state index in [1.54, 1.807) is 12.1 Å². The normalized spacial score (nSPS) is 22.9. The first-order valence-electron chi connectivity index (χ1n) is 10.4. The highest BCUT2D eigenvalue weighted by atomic mass is 35.5. The van der Waals surface area contributed by atoms with Gasteiger partial charge in [0.2, 0.25) is 11.8 Å². The Morgan fingerprint density at radius 3 is 2.58 bits per heavy atom. The lowest BCUT2D eigenvalue weighted by atomic mass is 9.87. The number of amides is 2. The molecule has 176 valence electrons. The zero-order chi connectivity index (χ0) is 23.8. The van der Waals surface area contributed by atoms with Gasteiger partial charge in [0.15, 0.2) is 0 Å². The summed E-state index contributed by atoms with van der Waals surface area (Å²) in [6, 6.07) is 4.35. The molecule has 0 bridgehead atoms. The van der Waals surface area contributed by atoms with Crippen LogP contribution in [0.4, 0.5) is 18.9 Å². The molecule has 1 aliphatic heterocycles. The number of benzene rings is 1. The number of aliphatic hydroxyl groups excluding tert-OH is 1. The molecule has 2 aromatic rings. The number of nitrogens with zero attached hydrogens (tertiary/aromatic N) is 2. The van der Waals surface area contributed by atoms with Crippen molar-refractivity contribution in [1.29, 1.82) is 0 Å². The number of hydrogen-bond donors (Lipinski definition) is 3. The first-order valence-corrected chi connectivity index (χ1v) is 10.8. The number of nitrogens with one attached hydrogen (secondary N) is 2. The van der Waals surface area contributed by atoms with Gasteiger partial charge in [0.25, 0.3) is 5.92 Å². The van der Waals surface area contributed by atoms with Gasteiger partial charge in [-0.3, -0.25) is 24.8 Å². The molecule has 1 aliphatic carbocycles. The molecule has 11 heteroatoms. The lowest BCUT2D eigenvalue weighted by Gasteiger charge is -2.38. The van der Waals surface area contributed by atoms with Gasteiger partial charge in [0, 0.05) is 35.5 Å². The summed E-state index contributed by atoms with van der Waals surface area (Å²) >= 11 is 6.36. The molecule has 0 radical (unpaired) electrons. The number of hydrogen-bond acceptors (Lipinski definition) is 5. The number of carbonyl (C=O) groups is 2. The van der Waals surface area contributed by atoms with Crippen LogP contribution in [-0.2, 0) is 9.59 Å². The molecule has 1 saturated heterocycles. The number of halogens is 4. The van der Waals surface area contributed by atoms with Crippen LogP contribution in [0.3, 0.4) is 0 Å². The highest BCUT2D eigenvalue weighted by Crippen LogP contribution is 2.39. The largest absolute Gasteiger partial charge is 0.379 e. The fourth-order valence-electron chi connectivity index (χ4n) is 4.16. The summed E-state index contributed by atoms with van der Waals surface area (Å²) < 4.78 is 40.8. The maximum atomic E-state index is 14.1. The molecule has 7 nitrogen and oxygen atoms in total. The minimum atomic E-state index is -2.86. The van der Waals surface area contributed by atoms with E-state index < -0.39 is 60.7 Å². The predicted octanol–water partition coefficient (Wildman–Crippen LogP) is 2.93. The molecule has 33 heavy (non-hydrogen) atoms. The van der Waals surface area contributed by atoms with Crippen LogP contribution in [0, 0.1) is 5.82 Å². The minimum absolute atomic E-state index is 0.0119. The second kappa shape index (κ2) is 9.28. The molecule has 1 aromatic carbocycles. The maximum Gasteiger partial charge on any atom is 0.252 e. The third-order valence-corrected chi connectivity index (χ3v) is 6.11. The molecule has 3 N–H and O–H groups in total. The molecular formula is C22H22ClF3N4O3. The van der Waals surface area contributed by atoms with Crippen LogP contribution in [0.2, 0.25) is 5.02 Å². The first-order chi connectivity index (χ1) is 15.6. The Bertz CT molecular complexity index is 1050. The number of rotatable bonds is 6.